The molecule has 0 saturated carbocycles. The fourth-order valence-electron chi connectivity index (χ4n) is 2.60. The standard InChI is InChI=1S/C15H21F2N3OS.ClH/c1-18-11-5-4-8-20(9-11)10-14(21)19-12-6-2-3-7-13(12)22-15(16)17;/h2-3,6-7,11,15,18H,4-5,8-10H2,1H3,(H,19,21);1H. The summed E-state index contributed by atoms with van der Waals surface area (Å²) in [5.41, 5.74) is 0.444. The molecule has 1 fully saturated rings. The zero-order chi connectivity index (χ0) is 15.9. The average molecular weight is 366 g/mol. The lowest BCUT2D eigenvalue weighted by molar-refractivity contribution is -0.117. The Bertz CT molecular complexity index is 507. The first-order valence-electron chi connectivity index (χ1n) is 7.32. The van der Waals surface area contributed by atoms with Gasteiger partial charge in [-0.1, -0.05) is 23.9 Å². The lowest BCUT2D eigenvalue weighted by Crippen LogP contribution is -2.46. The minimum Gasteiger partial charge on any atom is -0.324 e. The third kappa shape index (κ3) is 6.63. The van der Waals surface area contributed by atoms with Gasteiger partial charge in [-0.15, -0.1) is 12.4 Å². The number of hydrogen-bond donors (Lipinski definition) is 2. The highest BCUT2D eigenvalue weighted by Crippen LogP contribution is 2.31. The molecule has 130 valence electrons. The Morgan fingerprint density at radius 2 is 2.17 bits per heavy atom. The number of anilines is 1. The van der Waals surface area contributed by atoms with Crippen LogP contribution in [0.15, 0.2) is 29.2 Å². The Hall–Kier alpha value is -0.890. The number of likely N-dealkylation sites (N-methyl/N-ethyl adjacent to an activating group) is 1. The molecule has 0 spiro atoms. The molecule has 1 saturated heterocycles. The molecule has 1 heterocycles. The van der Waals surface area contributed by atoms with Crippen molar-refractivity contribution in [3.63, 3.8) is 0 Å². The van der Waals surface area contributed by atoms with Crippen LogP contribution in [-0.2, 0) is 4.79 Å². The molecule has 4 nitrogen and oxygen atoms in total. The monoisotopic (exact) mass is 365 g/mol. The van der Waals surface area contributed by atoms with Crippen LogP contribution in [0.2, 0.25) is 0 Å². The van der Waals surface area contributed by atoms with Crippen LogP contribution in [0, 0.1) is 0 Å². The second-order valence-corrected chi connectivity index (χ2v) is 6.32. The van der Waals surface area contributed by atoms with Gasteiger partial charge < -0.3 is 10.6 Å². The number of nitrogens with zero attached hydrogens (tertiary/aromatic N) is 1. The molecule has 1 aromatic rings. The van der Waals surface area contributed by atoms with Crippen LogP contribution in [0.5, 0.6) is 0 Å². The van der Waals surface area contributed by atoms with Gasteiger partial charge >= 0.3 is 0 Å². The molecule has 0 bridgehead atoms. The number of para-hydroxylation sites is 1. The Kier molecular flexibility index (Phi) is 8.83. The zero-order valence-corrected chi connectivity index (χ0v) is 14.6. The molecule has 1 aliphatic rings. The molecule has 0 radical (unpaired) electrons. The van der Waals surface area contributed by atoms with E-state index < -0.39 is 5.76 Å². The number of carbonyl (C=O) groups excluding carboxylic acids is 1. The zero-order valence-electron chi connectivity index (χ0n) is 12.9. The van der Waals surface area contributed by atoms with Gasteiger partial charge in [0.1, 0.15) is 0 Å². The fourth-order valence-corrected chi connectivity index (χ4v) is 3.19. The second kappa shape index (κ2) is 10.1. The van der Waals surface area contributed by atoms with E-state index in [2.05, 4.69) is 15.5 Å². The smallest absolute Gasteiger partial charge is 0.288 e. The lowest BCUT2D eigenvalue weighted by atomic mass is 10.1. The van der Waals surface area contributed by atoms with E-state index in [9.17, 15) is 13.6 Å². The molecule has 1 aromatic carbocycles. The van der Waals surface area contributed by atoms with Gasteiger partial charge in [0.2, 0.25) is 5.91 Å². The number of carbonyl (C=O) groups is 1. The van der Waals surface area contributed by atoms with Crippen LogP contribution in [0.4, 0.5) is 14.5 Å². The third-order valence-electron chi connectivity index (χ3n) is 3.66. The van der Waals surface area contributed by atoms with Crippen LogP contribution in [0.3, 0.4) is 0 Å². The Morgan fingerprint density at radius 3 is 2.87 bits per heavy atom. The van der Waals surface area contributed by atoms with Crippen molar-refractivity contribution in [2.45, 2.75) is 29.5 Å². The predicted molar refractivity (Wildman–Crippen MR) is 92.7 cm³/mol. The number of rotatable bonds is 6. The number of benzene rings is 1. The van der Waals surface area contributed by atoms with Crippen LogP contribution in [0.25, 0.3) is 0 Å². The number of alkyl halides is 2. The number of nitrogens with one attached hydrogen (secondary N) is 2. The Morgan fingerprint density at radius 1 is 1.43 bits per heavy atom. The minimum atomic E-state index is -2.50. The van der Waals surface area contributed by atoms with Gasteiger partial charge in [-0.2, -0.15) is 8.78 Å². The normalized spacial score (nSPS) is 18.5. The van der Waals surface area contributed by atoms with E-state index in [1.54, 1.807) is 24.3 Å². The van der Waals surface area contributed by atoms with E-state index in [0.717, 1.165) is 25.9 Å². The topological polar surface area (TPSA) is 44.4 Å². The van der Waals surface area contributed by atoms with Gasteiger partial charge in [0.15, 0.2) is 0 Å². The van der Waals surface area contributed by atoms with Crippen molar-refractivity contribution < 1.29 is 13.6 Å². The Labute approximate surface area is 145 Å². The first-order valence-corrected chi connectivity index (χ1v) is 8.19. The molecular weight excluding hydrogens is 344 g/mol. The molecular formula is C15H22ClF2N3OS. The van der Waals surface area contributed by atoms with Gasteiger partial charge in [0.25, 0.3) is 5.76 Å². The number of thioether (sulfide) groups is 1. The number of likely N-dealkylation sites (tertiary alicyclic amines) is 1. The minimum absolute atomic E-state index is 0. The highest BCUT2D eigenvalue weighted by atomic mass is 35.5. The highest BCUT2D eigenvalue weighted by Gasteiger charge is 2.20. The molecule has 1 unspecified atom stereocenters. The molecule has 2 rings (SSSR count). The van der Waals surface area contributed by atoms with Gasteiger partial charge in [0, 0.05) is 17.5 Å². The molecule has 8 heteroatoms. The quantitative estimate of drug-likeness (QED) is 0.760. The number of amides is 1. The van der Waals surface area contributed by atoms with Crippen LogP contribution < -0.4 is 10.6 Å². The van der Waals surface area contributed by atoms with Crippen LogP contribution in [-0.4, -0.2) is 49.3 Å². The number of hydrogen-bond acceptors (Lipinski definition) is 4. The van der Waals surface area contributed by atoms with E-state index in [-0.39, 0.29) is 24.9 Å². The summed E-state index contributed by atoms with van der Waals surface area (Å²) in [4.78, 5) is 14.6. The van der Waals surface area contributed by atoms with Gasteiger partial charge in [-0.05, 0) is 38.6 Å². The third-order valence-corrected chi connectivity index (χ3v) is 4.45. The van der Waals surface area contributed by atoms with Crippen molar-refractivity contribution >= 4 is 35.8 Å². The summed E-state index contributed by atoms with van der Waals surface area (Å²) in [6, 6.07) is 7.05. The summed E-state index contributed by atoms with van der Waals surface area (Å²) in [5, 5.41) is 5.97. The van der Waals surface area contributed by atoms with Crippen molar-refractivity contribution in [3.05, 3.63) is 24.3 Å². The maximum atomic E-state index is 12.5. The summed E-state index contributed by atoms with van der Waals surface area (Å²) < 4.78 is 25.1. The summed E-state index contributed by atoms with van der Waals surface area (Å²) >= 11 is 0.445. The van der Waals surface area contributed by atoms with Crippen molar-refractivity contribution in [1.82, 2.24) is 10.2 Å². The van der Waals surface area contributed by atoms with Gasteiger partial charge in [-0.3, -0.25) is 9.69 Å². The van der Waals surface area contributed by atoms with E-state index in [4.69, 9.17) is 0 Å². The molecule has 23 heavy (non-hydrogen) atoms. The lowest BCUT2D eigenvalue weighted by Gasteiger charge is -2.31. The summed E-state index contributed by atoms with van der Waals surface area (Å²) in [6.07, 6.45) is 2.17. The number of halogens is 3. The summed E-state index contributed by atoms with van der Waals surface area (Å²) in [7, 11) is 1.92. The maximum Gasteiger partial charge on any atom is 0.288 e. The fraction of sp³-hybridized carbons (Fsp3) is 0.533. The Balaban J connectivity index is 0.00000264. The molecule has 2 N–H and O–H groups in total. The van der Waals surface area contributed by atoms with Crippen molar-refractivity contribution in [1.29, 1.82) is 0 Å². The number of piperidine rings is 1. The average Bonchev–Trinajstić information content (AvgIpc) is 2.49. The summed E-state index contributed by atoms with van der Waals surface area (Å²) in [6.45, 7) is 2.00. The first kappa shape index (κ1) is 20.2. The molecule has 0 aromatic heterocycles. The van der Waals surface area contributed by atoms with E-state index >= 15 is 0 Å². The van der Waals surface area contributed by atoms with Crippen LogP contribution in [0.1, 0.15) is 12.8 Å². The molecule has 1 atom stereocenters. The van der Waals surface area contributed by atoms with Crippen molar-refractivity contribution in [2.75, 3.05) is 32.0 Å². The highest BCUT2D eigenvalue weighted by molar-refractivity contribution is 7.99. The predicted octanol–water partition coefficient (Wildman–Crippen LogP) is 3.05. The van der Waals surface area contributed by atoms with Gasteiger partial charge in [-0.25, -0.2) is 0 Å². The SMILES string of the molecule is CNC1CCCN(CC(=O)Nc2ccccc2SC(F)F)C1.Cl. The van der Waals surface area contributed by atoms with Crippen molar-refractivity contribution in [3.8, 4) is 0 Å². The van der Waals surface area contributed by atoms with E-state index in [1.807, 2.05) is 7.05 Å². The van der Waals surface area contributed by atoms with Crippen LogP contribution >= 0.6 is 24.2 Å². The van der Waals surface area contributed by atoms with E-state index in [0.29, 0.717) is 28.4 Å². The second-order valence-electron chi connectivity index (χ2n) is 5.29. The van der Waals surface area contributed by atoms with E-state index in [1.165, 1.54) is 0 Å². The summed E-state index contributed by atoms with van der Waals surface area (Å²) in [5.74, 6) is -2.67. The molecule has 1 aliphatic heterocycles. The molecule has 0 aliphatic carbocycles. The largest absolute Gasteiger partial charge is 0.324 e. The van der Waals surface area contributed by atoms with Crippen molar-refractivity contribution in [2.24, 2.45) is 0 Å². The molecule has 1 amide bonds. The van der Waals surface area contributed by atoms with Gasteiger partial charge in [0.05, 0.1) is 12.2 Å². The first-order chi connectivity index (χ1) is 10.6. The maximum absolute atomic E-state index is 12.5.